The van der Waals surface area contributed by atoms with Crippen molar-refractivity contribution in [1.29, 1.82) is 0 Å². The molecule has 10 heteroatoms. The van der Waals surface area contributed by atoms with Crippen molar-refractivity contribution in [3.8, 4) is 39.7 Å². The van der Waals surface area contributed by atoms with Crippen LogP contribution in [0.1, 0.15) is 15.9 Å². The van der Waals surface area contributed by atoms with Crippen LogP contribution in [0.5, 0.6) is 5.88 Å². The molecule has 0 spiro atoms. The Morgan fingerprint density at radius 1 is 1.00 bits per heavy atom. The van der Waals surface area contributed by atoms with Crippen molar-refractivity contribution >= 4 is 43.5 Å². The number of sulfonamides is 1. The maximum Gasteiger partial charge on any atom is 0.255 e. The van der Waals surface area contributed by atoms with E-state index in [0.29, 0.717) is 50.7 Å². The number of benzene rings is 3. The minimum atomic E-state index is -3.67. The van der Waals surface area contributed by atoms with Crippen molar-refractivity contribution in [3.05, 3.63) is 90.0 Å². The highest BCUT2D eigenvalue weighted by molar-refractivity contribution is 7.92. The Hall–Kier alpha value is -5.09. The van der Waals surface area contributed by atoms with Crippen molar-refractivity contribution in [3.63, 3.8) is 0 Å². The number of nitrogens with one attached hydrogen (secondary N) is 2. The van der Waals surface area contributed by atoms with Gasteiger partial charge in [-0.2, -0.15) is 0 Å². The van der Waals surface area contributed by atoms with Crippen LogP contribution in [0.25, 0.3) is 55.7 Å². The van der Waals surface area contributed by atoms with Gasteiger partial charge in [0.1, 0.15) is 11.3 Å². The molecule has 2 N–H and O–H groups in total. The molecule has 0 aliphatic rings. The number of anilines is 1. The molecule has 0 radical (unpaired) electrons. The molecule has 3 aromatic heterocycles. The first kappa shape index (κ1) is 28.0. The summed E-state index contributed by atoms with van der Waals surface area (Å²) < 4.78 is 38.7. The van der Waals surface area contributed by atoms with Crippen molar-refractivity contribution in [2.24, 2.45) is 0 Å². The van der Waals surface area contributed by atoms with Gasteiger partial charge in [-0.05, 0) is 36.8 Å². The molecule has 0 bridgehead atoms. The second-order valence-corrected chi connectivity index (χ2v) is 12.4. The average molecular weight is 595 g/mol. The largest absolute Gasteiger partial charge is 0.481 e. The van der Waals surface area contributed by atoms with E-state index in [2.05, 4.69) is 15.3 Å². The van der Waals surface area contributed by atoms with Crippen LogP contribution in [0, 0.1) is 6.92 Å². The molecule has 0 saturated heterocycles. The zero-order chi connectivity index (χ0) is 30.5. The second-order valence-electron chi connectivity index (χ2n) is 10.4. The van der Waals surface area contributed by atoms with Crippen LogP contribution < -0.4 is 14.4 Å². The molecule has 0 fully saturated rings. The quantitative estimate of drug-likeness (QED) is 0.221. The number of nitrogens with zero attached hydrogens (tertiary/aromatic N) is 2. The summed E-state index contributed by atoms with van der Waals surface area (Å²) in [5, 5.41) is 4.29. The Morgan fingerprint density at radius 2 is 1.74 bits per heavy atom. The summed E-state index contributed by atoms with van der Waals surface area (Å²) in [5.41, 5.74) is 6.44. The van der Waals surface area contributed by atoms with Crippen LogP contribution >= 0.6 is 0 Å². The third kappa shape index (κ3) is 5.10. The number of carbonyl (C=O) groups is 1. The fraction of sp³-hybridized carbons (Fsp3) is 0.152. The molecule has 218 valence electrons. The van der Waals surface area contributed by atoms with Gasteiger partial charge in [-0.15, -0.1) is 0 Å². The van der Waals surface area contributed by atoms with E-state index in [-0.39, 0.29) is 5.91 Å². The molecule has 6 aromatic rings. The molecule has 0 unspecified atom stereocenters. The summed E-state index contributed by atoms with van der Waals surface area (Å²) in [6.07, 6.45) is 1.14. The fourth-order valence-corrected chi connectivity index (χ4v) is 5.68. The average Bonchev–Trinajstić information content (AvgIpc) is 3.61. The van der Waals surface area contributed by atoms with Gasteiger partial charge in [0.05, 0.1) is 36.0 Å². The molecule has 3 aromatic carbocycles. The summed E-state index contributed by atoms with van der Waals surface area (Å²) in [4.78, 5) is 21.4. The number of amides is 1. The number of ether oxygens (including phenoxy) is 1. The number of fused-ring (bicyclic) bond motifs is 2. The standard InChI is InChI=1S/C33H30N4O5S/c1-19-10-12-20(13-11-19)32-31(33(38)34-2)24-17-23(28(18-29(24)42-32)37(3)43(5,39)40)22-15-27(36-30(16-22)41-4)26-14-21-8-6-7-9-25(21)35-26/h6-18,35H,1-5H3,(H,34,38). The topological polar surface area (TPSA) is 118 Å². The van der Waals surface area contributed by atoms with Crippen molar-refractivity contribution < 1.29 is 22.4 Å². The molecule has 0 aliphatic heterocycles. The van der Waals surface area contributed by atoms with Gasteiger partial charge in [-0.25, -0.2) is 13.4 Å². The first-order valence-electron chi connectivity index (χ1n) is 13.6. The van der Waals surface area contributed by atoms with Gasteiger partial charge < -0.3 is 19.5 Å². The Morgan fingerprint density at radius 3 is 2.42 bits per heavy atom. The second kappa shape index (κ2) is 10.6. The van der Waals surface area contributed by atoms with Crippen LogP contribution in [-0.4, -0.2) is 51.8 Å². The lowest BCUT2D eigenvalue weighted by Crippen LogP contribution is -2.25. The number of carbonyl (C=O) groups excluding carboxylic acids is 1. The lowest BCUT2D eigenvalue weighted by atomic mass is 9.98. The van der Waals surface area contributed by atoms with E-state index in [4.69, 9.17) is 9.15 Å². The van der Waals surface area contributed by atoms with Gasteiger partial charge in [0.25, 0.3) is 5.91 Å². The van der Waals surface area contributed by atoms with Crippen LogP contribution in [0.2, 0.25) is 0 Å². The molecule has 43 heavy (non-hydrogen) atoms. The van der Waals surface area contributed by atoms with E-state index in [1.54, 1.807) is 25.2 Å². The minimum Gasteiger partial charge on any atom is -0.481 e. The number of hydrogen-bond acceptors (Lipinski definition) is 6. The van der Waals surface area contributed by atoms with Crippen LogP contribution in [0.3, 0.4) is 0 Å². The Bertz CT molecular complexity index is 2100. The predicted octanol–water partition coefficient (Wildman–Crippen LogP) is 6.38. The summed E-state index contributed by atoms with van der Waals surface area (Å²) in [6.45, 7) is 1.98. The zero-order valence-corrected chi connectivity index (χ0v) is 25.2. The highest BCUT2D eigenvalue weighted by Crippen LogP contribution is 2.42. The fourth-order valence-electron chi connectivity index (χ4n) is 5.18. The molecular formula is C33H30N4O5S. The van der Waals surface area contributed by atoms with Crippen LogP contribution in [-0.2, 0) is 10.0 Å². The van der Waals surface area contributed by atoms with E-state index in [0.717, 1.165) is 34.0 Å². The molecule has 3 heterocycles. The maximum absolute atomic E-state index is 13.3. The summed E-state index contributed by atoms with van der Waals surface area (Å²) in [6, 6.07) is 24.7. The number of rotatable bonds is 7. The lowest BCUT2D eigenvalue weighted by Gasteiger charge is -2.21. The van der Waals surface area contributed by atoms with Gasteiger partial charge in [-0.1, -0.05) is 48.0 Å². The van der Waals surface area contributed by atoms with E-state index in [1.165, 1.54) is 18.5 Å². The number of para-hydroxylation sites is 1. The van der Waals surface area contributed by atoms with E-state index in [1.807, 2.05) is 67.6 Å². The minimum absolute atomic E-state index is 0.324. The summed E-state index contributed by atoms with van der Waals surface area (Å²) in [5.74, 6) is 0.416. The van der Waals surface area contributed by atoms with Gasteiger partial charge in [0, 0.05) is 53.6 Å². The molecule has 0 aliphatic carbocycles. The summed E-state index contributed by atoms with van der Waals surface area (Å²) in [7, 11) is 0.906. The van der Waals surface area contributed by atoms with E-state index < -0.39 is 10.0 Å². The van der Waals surface area contributed by atoms with Gasteiger partial charge in [0.15, 0.2) is 0 Å². The number of aromatic nitrogens is 2. The first-order valence-corrected chi connectivity index (χ1v) is 15.4. The number of furan rings is 1. The van der Waals surface area contributed by atoms with Crippen LogP contribution in [0.15, 0.2) is 83.3 Å². The molecule has 6 rings (SSSR count). The van der Waals surface area contributed by atoms with E-state index in [9.17, 15) is 13.2 Å². The number of hydrogen-bond donors (Lipinski definition) is 2. The SMILES string of the molecule is CNC(=O)c1c(-c2ccc(C)cc2)oc2cc(N(C)S(C)(=O)=O)c(-c3cc(OC)nc(-c4cc5ccccc5[nH]4)c3)cc12. The normalized spacial score (nSPS) is 11.7. The van der Waals surface area contributed by atoms with Crippen molar-refractivity contribution in [2.45, 2.75) is 6.92 Å². The van der Waals surface area contributed by atoms with Crippen molar-refractivity contribution in [2.75, 3.05) is 31.8 Å². The summed E-state index contributed by atoms with van der Waals surface area (Å²) >= 11 is 0. The smallest absolute Gasteiger partial charge is 0.255 e. The Labute approximate surface area is 249 Å². The number of aromatic amines is 1. The highest BCUT2D eigenvalue weighted by Gasteiger charge is 2.26. The maximum atomic E-state index is 13.3. The van der Waals surface area contributed by atoms with Gasteiger partial charge in [-0.3, -0.25) is 9.10 Å². The Balaban J connectivity index is 1.64. The number of methoxy groups -OCH3 is 1. The molecule has 1 amide bonds. The third-order valence-electron chi connectivity index (χ3n) is 7.54. The highest BCUT2D eigenvalue weighted by atomic mass is 32.2. The van der Waals surface area contributed by atoms with Gasteiger partial charge in [0.2, 0.25) is 15.9 Å². The number of pyridine rings is 1. The zero-order valence-electron chi connectivity index (χ0n) is 24.3. The van der Waals surface area contributed by atoms with Crippen LogP contribution in [0.4, 0.5) is 5.69 Å². The first-order chi connectivity index (χ1) is 20.6. The number of H-pyrrole nitrogens is 1. The molecular weight excluding hydrogens is 564 g/mol. The third-order valence-corrected chi connectivity index (χ3v) is 8.73. The predicted molar refractivity (Wildman–Crippen MR) is 170 cm³/mol. The van der Waals surface area contributed by atoms with Gasteiger partial charge >= 0.3 is 0 Å². The van der Waals surface area contributed by atoms with E-state index >= 15 is 0 Å². The Kier molecular flexibility index (Phi) is 6.94. The lowest BCUT2D eigenvalue weighted by molar-refractivity contribution is 0.0964. The molecule has 9 nitrogen and oxygen atoms in total. The van der Waals surface area contributed by atoms with Crippen molar-refractivity contribution in [1.82, 2.24) is 15.3 Å². The monoisotopic (exact) mass is 594 g/mol. The molecule has 0 saturated carbocycles. The molecule has 0 atom stereocenters. The number of aryl methyl sites for hydroxylation is 1.